The van der Waals surface area contributed by atoms with E-state index in [9.17, 15) is 13.2 Å². The molecule has 1 heterocycles. The normalized spacial score (nSPS) is 18.6. The van der Waals surface area contributed by atoms with Gasteiger partial charge in [0.25, 0.3) is 5.91 Å². The third kappa shape index (κ3) is 4.88. The Morgan fingerprint density at radius 3 is 2.43 bits per heavy atom. The van der Waals surface area contributed by atoms with Crippen molar-refractivity contribution in [2.24, 2.45) is 5.92 Å². The monoisotopic (exact) mass is 398 g/mol. The summed E-state index contributed by atoms with van der Waals surface area (Å²) >= 11 is 0. The zero-order chi connectivity index (χ0) is 20.1. The molecular weight excluding hydrogens is 372 g/mol. The molecule has 1 atom stereocenters. The van der Waals surface area contributed by atoms with Gasteiger partial charge in [-0.3, -0.25) is 4.79 Å². The average molecular weight is 399 g/mol. The van der Waals surface area contributed by atoms with Crippen LogP contribution in [-0.4, -0.2) is 31.7 Å². The summed E-state index contributed by atoms with van der Waals surface area (Å²) in [7, 11) is -3.49. The number of nitrogens with zero attached hydrogens (tertiary/aromatic N) is 1. The lowest BCUT2D eigenvalue weighted by Crippen LogP contribution is -2.39. The van der Waals surface area contributed by atoms with E-state index in [1.165, 1.54) is 0 Å². The first-order valence-corrected chi connectivity index (χ1v) is 10.9. The third-order valence-corrected chi connectivity index (χ3v) is 6.79. The molecule has 2 aromatic rings. The number of nitrogens with one attached hydrogen (secondary N) is 1. The Morgan fingerprint density at radius 2 is 1.79 bits per heavy atom. The molecule has 0 aliphatic carbocycles. The Hall–Kier alpha value is -2.44. The molecule has 0 aromatic heterocycles. The smallest absolute Gasteiger partial charge is 0.251 e. The van der Waals surface area contributed by atoms with Crippen molar-refractivity contribution in [1.82, 2.24) is 4.31 Å². The van der Waals surface area contributed by atoms with Gasteiger partial charge in [-0.25, -0.2) is 8.42 Å². The molecule has 1 N–H and O–H groups in total. The maximum absolute atomic E-state index is 12.8. The lowest BCUT2D eigenvalue weighted by atomic mass is 10.0. The molecule has 5 nitrogen and oxygen atoms in total. The fraction of sp³-hybridized carbons (Fsp3) is 0.318. The topological polar surface area (TPSA) is 66.5 Å². The van der Waals surface area contributed by atoms with Gasteiger partial charge in [-0.2, -0.15) is 4.31 Å². The maximum atomic E-state index is 12.8. The molecule has 1 aliphatic heterocycles. The molecular formula is C22H26N2O3S. The summed E-state index contributed by atoms with van der Waals surface area (Å²) in [5.41, 5.74) is 2.09. The molecule has 28 heavy (non-hydrogen) atoms. The lowest BCUT2D eigenvalue weighted by Gasteiger charge is -2.30. The van der Waals surface area contributed by atoms with E-state index < -0.39 is 10.0 Å². The molecule has 0 bridgehead atoms. The van der Waals surface area contributed by atoms with E-state index in [1.54, 1.807) is 35.5 Å². The summed E-state index contributed by atoms with van der Waals surface area (Å²) < 4.78 is 27.2. The molecule has 1 aliphatic rings. The van der Waals surface area contributed by atoms with Crippen molar-refractivity contribution >= 4 is 27.7 Å². The summed E-state index contributed by atoms with van der Waals surface area (Å²) in [5.74, 6) is 0.158. The van der Waals surface area contributed by atoms with E-state index in [2.05, 4.69) is 12.2 Å². The quantitative estimate of drug-likeness (QED) is 0.770. The van der Waals surface area contributed by atoms with Crippen LogP contribution in [0.5, 0.6) is 0 Å². The highest BCUT2D eigenvalue weighted by atomic mass is 32.2. The van der Waals surface area contributed by atoms with Crippen LogP contribution >= 0.6 is 0 Å². The molecule has 1 unspecified atom stereocenters. The molecule has 148 valence electrons. The number of hydrogen-bond donors (Lipinski definition) is 1. The Balaban J connectivity index is 1.69. The first-order chi connectivity index (χ1) is 13.4. The van der Waals surface area contributed by atoms with Gasteiger partial charge in [0, 0.05) is 24.4 Å². The highest BCUT2D eigenvalue weighted by Gasteiger charge is 2.28. The van der Waals surface area contributed by atoms with Crippen LogP contribution in [0.3, 0.4) is 0 Å². The summed E-state index contributed by atoms with van der Waals surface area (Å²) in [6.07, 6.45) is 3.76. The largest absolute Gasteiger partial charge is 0.322 e. The molecule has 1 fully saturated rings. The van der Waals surface area contributed by atoms with Crippen molar-refractivity contribution in [3.8, 4) is 0 Å². The van der Waals surface area contributed by atoms with Crippen molar-refractivity contribution in [1.29, 1.82) is 0 Å². The van der Waals surface area contributed by atoms with Crippen molar-refractivity contribution in [2.45, 2.75) is 31.6 Å². The number of carbonyl (C=O) groups is 1. The minimum absolute atomic E-state index is 0.218. The van der Waals surface area contributed by atoms with Gasteiger partial charge in [-0.05, 0) is 61.6 Å². The maximum Gasteiger partial charge on any atom is 0.251 e. The van der Waals surface area contributed by atoms with Gasteiger partial charge in [0.05, 0.1) is 4.90 Å². The number of hydrogen-bond acceptors (Lipinski definition) is 3. The Morgan fingerprint density at radius 1 is 1.11 bits per heavy atom. The van der Waals surface area contributed by atoms with Crippen molar-refractivity contribution in [3.63, 3.8) is 0 Å². The number of rotatable bonds is 5. The number of anilines is 1. The number of amides is 1. The fourth-order valence-electron chi connectivity index (χ4n) is 3.32. The van der Waals surface area contributed by atoms with E-state index in [1.807, 2.05) is 36.4 Å². The second-order valence-corrected chi connectivity index (χ2v) is 9.26. The van der Waals surface area contributed by atoms with E-state index >= 15 is 0 Å². The van der Waals surface area contributed by atoms with Gasteiger partial charge >= 0.3 is 0 Å². The van der Waals surface area contributed by atoms with Crippen LogP contribution in [0.25, 0.3) is 6.08 Å². The minimum atomic E-state index is -3.49. The first kappa shape index (κ1) is 20.3. The number of sulfonamides is 1. The van der Waals surface area contributed by atoms with Gasteiger partial charge in [-0.15, -0.1) is 0 Å². The summed E-state index contributed by atoms with van der Waals surface area (Å²) in [4.78, 5) is 12.6. The average Bonchev–Trinajstić information content (AvgIpc) is 2.69. The third-order valence-electron chi connectivity index (χ3n) is 4.91. The lowest BCUT2D eigenvalue weighted by molar-refractivity contribution is -0.112. The number of benzene rings is 2. The van der Waals surface area contributed by atoms with Gasteiger partial charge in [-0.1, -0.05) is 37.3 Å². The molecule has 0 spiro atoms. The molecule has 0 saturated carbocycles. The number of piperidine rings is 1. The van der Waals surface area contributed by atoms with Crippen LogP contribution in [0.15, 0.2) is 65.1 Å². The van der Waals surface area contributed by atoms with Crippen LogP contribution < -0.4 is 5.32 Å². The van der Waals surface area contributed by atoms with Crippen LogP contribution in [0, 0.1) is 5.92 Å². The Bertz CT molecular complexity index is 951. The zero-order valence-electron chi connectivity index (χ0n) is 16.3. The Labute approximate surface area is 167 Å². The summed E-state index contributed by atoms with van der Waals surface area (Å²) in [6.45, 7) is 4.95. The van der Waals surface area contributed by atoms with Gasteiger partial charge in [0.2, 0.25) is 10.0 Å². The highest BCUT2D eigenvalue weighted by Crippen LogP contribution is 2.24. The van der Waals surface area contributed by atoms with Gasteiger partial charge in [0.1, 0.15) is 0 Å². The predicted octanol–water partition coefficient (Wildman–Crippen LogP) is 4.15. The molecule has 2 aromatic carbocycles. The van der Waals surface area contributed by atoms with Crippen molar-refractivity contribution in [2.75, 3.05) is 18.4 Å². The van der Waals surface area contributed by atoms with Crippen LogP contribution in [0.4, 0.5) is 5.69 Å². The van der Waals surface area contributed by atoms with Gasteiger partial charge < -0.3 is 5.32 Å². The molecule has 3 rings (SSSR count). The first-order valence-electron chi connectivity index (χ1n) is 9.51. The molecule has 1 amide bonds. The minimum Gasteiger partial charge on any atom is -0.322 e. The van der Waals surface area contributed by atoms with Crippen molar-refractivity contribution in [3.05, 3.63) is 65.7 Å². The standard InChI is InChI=1S/C22H26N2O3S/c1-17-7-6-14-24(16-17)28(26,27)21-12-10-20(11-13-21)23-22(25)18(2)15-19-8-4-3-5-9-19/h3-5,8-13,15,17H,6-7,14,16H2,1-2H3,(H,23,25)/b18-15+. The molecule has 1 saturated heterocycles. The summed E-state index contributed by atoms with van der Waals surface area (Å²) in [5, 5.41) is 2.81. The van der Waals surface area contributed by atoms with E-state index in [-0.39, 0.29) is 10.8 Å². The van der Waals surface area contributed by atoms with Crippen LogP contribution in [-0.2, 0) is 14.8 Å². The second kappa shape index (κ2) is 8.71. The fourth-order valence-corrected chi connectivity index (χ4v) is 4.92. The van der Waals surface area contributed by atoms with Crippen LogP contribution in [0.2, 0.25) is 0 Å². The summed E-state index contributed by atoms with van der Waals surface area (Å²) in [6, 6.07) is 16.0. The SMILES string of the molecule is C/C(=C\c1ccccc1)C(=O)Nc1ccc(S(=O)(=O)N2CCCC(C)C2)cc1. The second-order valence-electron chi connectivity index (χ2n) is 7.33. The van der Waals surface area contributed by atoms with Gasteiger partial charge in [0.15, 0.2) is 0 Å². The zero-order valence-corrected chi connectivity index (χ0v) is 17.1. The van der Waals surface area contributed by atoms with E-state index in [0.717, 1.165) is 18.4 Å². The predicted molar refractivity (Wildman–Crippen MR) is 112 cm³/mol. The number of carbonyl (C=O) groups excluding carboxylic acids is 1. The Kier molecular flexibility index (Phi) is 6.31. The van der Waals surface area contributed by atoms with Crippen molar-refractivity contribution < 1.29 is 13.2 Å². The van der Waals surface area contributed by atoms with E-state index in [4.69, 9.17) is 0 Å². The van der Waals surface area contributed by atoms with E-state index in [0.29, 0.717) is 30.3 Å². The molecule has 0 radical (unpaired) electrons. The van der Waals surface area contributed by atoms with Crippen LogP contribution in [0.1, 0.15) is 32.3 Å². The highest BCUT2D eigenvalue weighted by molar-refractivity contribution is 7.89. The molecule has 6 heteroatoms.